The predicted octanol–water partition coefficient (Wildman–Crippen LogP) is 3.61. The summed E-state index contributed by atoms with van der Waals surface area (Å²) in [5, 5.41) is 21.8. The number of carbonyl (C=O) groups is 1. The first-order valence-corrected chi connectivity index (χ1v) is 10.9. The first-order chi connectivity index (χ1) is 16.6. The van der Waals surface area contributed by atoms with E-state index in [9.17, 15) is 10.0 Å². The molecule has 0 saturated carbocycles. The van der Waals surface area contributed by atoms with E-state index in [0.29, 0.717) is 23.1 Å². The quantitative estimate of drug-likeness (QED) is 0.224. The Morgan fingerprint density at radius 2 is 1.68 bits per heavy atom. The first kappa shape index (κ1) is 23.2. The van der Waals surface area contributed by atoms with Crippen molar-refractivity contribution in [2.75, 3.05) is 25.6 Å². The Morgan fingerprint density at radius 1 is 1.00 bits per heavy atom. The average molecular weight is 459 g/mol. The van der Waals surface area contributed by atoms with Gasteiger partial charge in [-0.25, -0.2) is 10.5 Å². The normalized spacial score (nSPS) is 10.8. The van der Waals surface area contributed by atoms with E-state index < -0.39 is 5.91 Å². The van der Waals surface area contributed by atoms with Crippen molar-refractivity contribution in [1.29, 1.82) is 0 Å². The molecule has 4 aromatic rings. The van der Waals surface area contributed by atoms with Gasteiger partial charge >= 0.3 is 0 Å². The van der Waals surface area contributed by atoms with Crippen molar-refractivity contribution in [2.45, 2.75) is 12.8 Å². The van der Waals surface area contributed by atoms with Crippen LogP contribution in [0.4, 0.5) is 5.69 Å². The molecule has 2 aromatic carbocycles. The molecule has 0 radical (unpaired) electrons. The fourth-order valence-corrected chi connectivity index (χ4v) is 3.87. The van der Waals surface area contributed by atoms with Crippen LogP contribution in [0.2, 0.25) is 0 Å². The molecule has 0 aliphatic carbocycles. The third kappa shape index (κ3) is 4.98. The second-order valence-electron chi connectivity index (χ2n) is 7.75. The monoisotopic (exact) mass is 458 g/mol. The number of hydrogen-bond acceptors (Lipinski definition) is 7. The number of nitrogens with zero attached hydrogens (tertiary/aromatic N) is 2. The first-order valence-electron chi connectivity index (χ1n) is 10.9. The molecule has 0 aliphatic heterocycles. The number of hydroxylamine groups is 1. The largest absolute Gasteiger partial charge is 0.494 e. The van der Waals surface area contributed by atoms with Crippen molar-refractivity contribution in [3.05, 3.63) is 83.7 Å². The van der Waals surface area contributed by atoms with Gasteiger partial charge in [0.25, 0.3) is 5.91 Å². The maximum absolute atomic E-state index is 12.4. The summed E-state index contributed by atoms with van der Waals surface area (Å²) in [7, 11) is 1.47. The van der Waals surface area contributed by atoms with E-state index >= 15 is 0 Å². The van der Waals surface area contributed by atoms with E-state index in [1.165, 1.54) is 24.4 Å². The highest BCUT2D eigenvalue weighted by Gasteiger charge is 2.22. The number of hydrogen-bond donors (Lipinski definition) is 4. The number of aliphatic hydroxyl groups excluding tert-OH is 1. The van der Waals surface area contributed by atoms with Gasteiger partial charge in [0.15, 0.2) is 5.75 Å². The molecule has 0 aliphatic rings. The van der Waals surface area contributed by atoms with Gasteiger partial charge in [0, 0.05) is 35.6 Å². The molecular weight excluding hydrogens is 432 g/mol. The fraction of sp³-hybridized carbons (Fsp3) is 0.192. The highest BCUT2D eigenvalue weighted by molar-refractivity contribution is 6.09. The van der Waals surface area contributed by atoms with E-state index in [4.69, 9.17) is 14.8 Å². The summed E-state index contributed by atoms with van der Waals surface area (Å²) >= 11 is 0. The Labute approximate surface area is 197 Å². The molecule has 0 fully saturated rings. The van der Waals surface area contributed by atoms with Crippen LogP contribution in [0.1, 0.15) is 21.5 Å². The Kier molecular flexibility index (Phi) is 7.31. The van der Waals surface area contributed by atoms with E-state index in [2.05, 4.69) is 22.4 Å². The zero-order valence-corrected chi connectivity index (χ0v) is 18.8. The maximum atomic E-state index is 12.4. The van der Waals surface area contributed by atoms with Gasteiger partial charge in [-0.05, 0) is 42.2 Å². The smallest absolute Gasteiger partial charge is 0.279 e. The summed E-state index contributed by atoms with van der Waals surface area (Å²) in [6.07, 6.45) is 4.89. The number of fused-ring (bicyclic) bond motifs is 1. The highest BCUT2D eigenvalue weighted by Crippen LogP contribution is 2.36. The lowest BCUT2D eigenvalue weighted by Gasteiger charge is -2.15. The summed E-state index contributed by atoms with van der Waals surface area (Å²) in [6.45, 7) is 0.636. The number of aromatic nitrogens is 2. The van der Waals surface area contributed by atoms with Gasteiger partial charge in [0.1, 0.15) is 5.69 Å². The van der Waals surface area contributed by atoms with Crippen LogP contribution in [0.25, 0.3) is 22.2 Å². The van der Waals surface area contributed by atoms with Gasteiger partial charge in [-0.2, -0.15) is 0 Å². The van der Waals surface area contributed by atoms with Crippen LogP contribution in [0, 0.1) is 0 Å². The highest BCUT2D eigenvalue weighted by atomic mass is 16.5. The minimum Gasteiger partial charge on any atom is -0.494 e. The summed E-state index contributed by atoms with van der Waals surface area (Å²) in [5.41, 5.74) is 7.14. The van der Waals surface area contributed by atoms with Crippen molar-refractivity contribution >= 4 is 22.5 Å². The molecule has 4 rings (SSSR count). The van der Waals surface area contributed by atoms with Crippen LogP contribution < -0.4 is 15.5 Å². The molecule has 174 valence electrons. The van der Waals surface area contributed by atoms with Crippen molar-refractivity contribution in [3.63, 3.8) is 0 Å². The number of carbonyl (C=O) groups excluding carboxylic acids is 1. The van der Waals surface area contributed by atoms with Gasteiger partial charge in [0.2, 0.25) is 0 Å². The fourth-order valence-electron chi connectivity index (χ4n) is 3.87. The number of ether oxygens (including phenoxy) is 1. The SMILES string of the molecule is COc1c(-c2ccc(CCc3ccc(NCCO)cc3)cc2)nc2ccncc2c1C(=O)NO. The van der Waals surface area contributed by atoms with Crippen LogP contribution >= 0.6 is 0 Å². The van der Waals surface area contributed by atoms with E-state index in [1.807, 2.05) is 36.4 Å². The third-order valence-electron chi connectivity index (χ3n) is 5.60. The molecular formula is C26H26N4O4. The predicted molar refractivity (Wildman–Crippen MR) is 130 cm³/mol. The molecule has 0 bridgehead atoms. The van der Waals surface area contributed by atoms with E-state index in [-0.39, 0.29) is 17.9 Å². The number of rotatable bonds is 9. The zero-order valence-electron chi connectivity index (χ0n) is 18.8. The summed E-state index contributed by atoms with van der Waals surface area (Å²) in [4.78, 5) is 21.2. The molecule has 2 aromatic heterocycles. The molecule has 1 amide bonds. The summed E-state index contributed by atoms with van der Waals surface area (Å²) in [6, 6.07) is 17.9. The molecule has 0 spiro atoms. The van der Waals surface area contributed by atoms with Crippen LogP contribution in [0.5, 0.6) is 5.75 Å². The number of methoxy groups -OCH3 is 1. The Morgan fingerprint density at radius 3 is 2.29 bits per heavy atom. The van der Waals surface area contributed by atoms with E-state index in [0.717, 1.165) is 24.1 Å². The molecule has 8 heteroatoms. The topological polar surface area (TPSA) is 117 Å². The zero-order chi connectivity index (χ0) is 23.9. The van der Waals surface area contributed by atoms with E-state index in [1.54, 1.807) is 17.7 Å². The second-order valence-corrected chi connectivity index (χ2v) is 7.75. The van der Waals surface area contributed by atoms with Gasteiger partial charge in [-0.15, -0.1) is 0 Å². The molecule has 8 nitrogen and oxygen atoms in total. The molecule has 0 atom stereocenters. The lowest BCUT2D eigenvalue weighted by Crippen LogP contribution is -2.20. The van der Waals surface area contributed by atoms with Crippen LogP contribution in [0.3, 0.4) is 0 Å². The second kappa shape index (κ2) is 10.7. The van der Waals surface area contributed by atoms with Crippen molar-refractivity contribution in [2.24, 2.45) is 0 Å². The number of aryl methyl sites for hydroxylation is 2. The van der Waals surface area contributed by atoms with Crippen molar-refractivity contribution in [1.82, 2.24) is 15.4 Å². The van der Waals surface area contributed by atoms with Crippen LogP contribution in [-0.4, -0.2) is 46.5 Å². The van der Waals surface area contributed by atoms with Crippen LogP contribution in [-0.2, 0) is 12.8 Å². The molecule has 0 saturated heterocycles. The number of amides is 1. The lowest BCUT2D eigenvalue weighted by molar-refractivity contribution is 0.0705. The summed E-state index contributed by atoms with van der Waals surface area (Å²) < 4.78 is 5.55. The Hall–Kier alpha value is -4.01. The van der Waals surface area contributed by atoms with Gasteiger partial charge in [-0.1, -0.05) is 36.4 Å². The lowest BCUT2D eigenvalue weighted by atomic mass is 10.00. The Bertz CT molecular complexity index is 1270. The van der Waals surface area contributed by atoms with Crippen molar-refractivity contribution in [3.8, 4) is 17.0 Å². The number of nitrogens with one attached hydrogen (secondary N) is 2. The number of aliphatic hydroxyl groups is 1. The minimum atomic E-state index is -0.687. The standard InChI is InChI=1S/C26H26N4O4/c1-34-25-23(26(32)30-33)21-16-27-13-12-22(21)29-24(25)19-8-4-17(5-9-19)2-3-18-6-10-20(11-7-18)28-14-15-31/h4-13,16,28,31,33H,2-3,14-15H2,1H3,(H,30,32). The average Bonchev–Trinajstić information content (AvgIpc) is 2.90. The summed E-state index contributed by atoms with van der Waals surface area (Å²) in [5.74, 6) is -0.414. The minimum absolute atomic E-state index is 0.103. The molecule has 4 N–H and O–H groups in total. The van der Waals surface area contributed by atoms with Crippen LogP contribution in [0.15, 0.2) is 67.0 Å². The number of anilines is 1. The maximum Gasteiger partial charge on any atom is 0.279 e. The molecule has 2 heterocycles. The Balaban J connectivity index is 1.57. The molecule has 34 heavy (non-hydrogen) atoms. The molecule has 0 unspecified atom stereocenters. The number of benzene rings is 2. The third-order valence-corrected chi connectivity index (χ3v) is 5.60. The van der Waals surface area contributed by atoms with Gasteiger partial charge in [-0.3, -0.25) is 15.0 Å². The number of pyridine rings is 2. The van der Waals surface area contributed by atoms with Gasteiger partial charge in [0.05, 0.1) is 24.8 Å². The van der Waals surface area contributed by atoms with Gasteiger partial charge < -0.3 is 15.2 Å². The van der Waals surface area contributed by atoms with Crippen molar-refractivity contribution < 1.29 is 19.8 Å².